The highest BCUT2D eigenvalue weighted by molar-refractivity contribution is 9.10. The topological polar surface area (TPSA) is 40.7 Å². The predicted octanol–water partition coefficient (Wildman–Crippen LogP) is 3.55. The van der Waals surface area contributed by atoms with Gasteiger partial charge in [-0.25, -0.2) is 9.37 Å². The third-order valence-corrected chi connectivity index (χ3v) is 3.58. The first-order chi connectivity index (χ1) is 8.70. The number of nitrogens with one attached hydrogen (secondary N) is 2. The number of halogens is 2. The van der Waals surface area contributed by atoms with Gasteiger partial charge in [0.25, 0.3) is 0 Å². The van der Waals surface area contributed by atoms with Gasteiger partial charge in [0.15, 0.2) is 0 Å². The molecular formula is C13H15BrFN3. The summed E-state index contributed by atoms with van der Waals surface area (Å²) in [6.45, 7) is 2.68. The van der Waals surface area contributed by atoms with Gasteiger partial charge in [0, 0.05) is 23.4 Å². The largest absolute Gasteiger partial charge is 0.347 e. The molecule has 0 aliphatic rings. The lowest BCUT2D eigenvalue weighted by molar-refractivity contribution is 0.496. The van der Waals surface area contributed by atoms with E-state index in [1.165, 1.54) is 12.1 Å². The molecule has 2 rings (SSSR count). The molecule has 1 aromatic carbocycles. The molecule has 1 aromatic heterocycles. The lowest BCUT2D eigenvalue weighted by atomic mass is 10.1. The fourth-order valence-corrected chi connectivity index (χ4v) is 2.20. The molecule has 0 radical (unpaired) electrons. The summed E-state index contributed by atoms with van der Waals surface area (Å²) in [5.41, 5.74) is 0.903. The summed E-state index contributed by atoms with van der Waals surface area (Å²) in [7, 11) is 0. The second-order valence-electron chi connectivity index (χ2n) is 4.05. The Morgan fingerprint density at radius 2 is 2.33 bits per heavy atom. The molecule has 0 bridgehead atoms. The van der Waals surface area contributed by atoms with Gasteiger partial charge in [-0.15, -0.1) is 0 Å². The molecule has 0 aliphatic heterocycles. The molecule has 3 nitrogen and oxygen atoms in total. The maximum Gasteiger partial charge on any atom is 0.123 e. The van der Waals surface area contributed by atoms with Crippen molar-refractivity contribution in [1.29, 1.82) is 0 Å². The summed E-state index contributed by atoms with van der Waals surface area (Å²) in [6, 6.07) is 4.85. The summed E-state index contributed by atoms with van der Waals surface area (Å²) < 4.78 is 14.1. The standard InChI is InChI=1S/C13H15BrFN3/c1-2-12(13-16-5-6-17-13)18-8-9-7-10(15)3-4-11(9)14/h3-7,12,18H,2,8H2,1H3,(H,16,17). The van der Waals surface area contributed by atoms with Gasteiger partial charge in [0.2, 0.25) is 0 Å². The molecule has 0 saturated carbocycles. The fraction of sp³-hybridized carbons (Fsp3) is 0.308. The highest BCUT2D eigenvalue weighted by atomic mass is 79.9. The summed E-state index contributed by atoms with van der Waals surface area (Å²) >= 11 is 3.42. The minimum atomic E-state index is -0.221. The molecule has 0 saturated heterocycles. The predicted molar refractivity (Wildman–Crippen MR) is 72.6 cm³/mol. The Morgan fingerprint density at radius 3 is 3.00 bits per heavy atom. The number of imidazole rings is 1. The smallest absolute Gasteiger partial charge is 0.123 e. The second kappa shape index (κ2) is 6.11. The average Bonchev–Trinajstić information content (AvgIpc) is 2.88. The van der Waals surface area contributed by atoms with E-state index in [-0.39, 0.29) is 11.9 Å². The van der Waals surface area contributed by atoms with Crippen LogP contribution in [0.3, 0.4) is 0 Å². The SMILES string of the molecule is CCC(NCc1cc(F)ccc1Br)c1ncc[nH]1. The summed E-state index contributed by atoms with van der Waals surface area (Å²) in [5, 5.41) is 3.37. The van der Waals surface area contributed by atoms with E-state index in [4.69, 9.17) is 0 Å². The Kier molecular flexibility index (Phi) is 4.49. The summed E-state index contributed by atoms with van der Waals surface area (Å²) in [5.74, 6) is 0.686. The highest BCUT2D eigenvalue weighted by Gasteiger charge is 2.11. The van der Waals surface area contributed by atoms with Crippen LogP contribution in [0.15, 0.2) is 35.1 Å². The van der Waals surface area contributed by atoms with Gasteiger partial charge in [-0.1, -0.05) is 22.9 Å². The number of aromatic nitrogens is 2. The van der Waals surface area contributed by atoms with Gasteiger partial charge in [-0.2, -0.15) is 0 Å². The van der Waals surface area contributed by atoms with E-state index in [1.807, 2.05) is 0 Å². The molecule has 1 heterocycles. The van der Waals surface area contributed by atoms with Gasteiger partial charge in [0.05, 0.1) is 6.04 Å². The molecule has 0 spiro atoms. The van der Waals surface area contributed by atoms with Crippen LogP contribution < -0.4 is 5.32 Å². The van der Waals surface area contributed by atoms with Crippen LogP contribution in [0.4, 0.5) is 4.39 Å². The monoisotopic (exact) mass is 311 g/mol. The summed E-state index contributed by atoms with van der Waals surface area (Å²) in [6.07, 6.45) is 4.45. The van der Waals surface area contributed by atoms with E-state index < -0.39 is 0 Å². The van der Waals surface area contributed by atoms with Crippen molar-refractivity contribution in [2.75, 3.05) is 0 Å². The minimum absolute atomic E-state index is 0.148. The highest BCUT2D eigenvalue weighted by Crippen LogP contribution is 2.19. The Hall–Kier alpha value is -1.20. The van der Waals surface area contributed by atoms with E-state index in [2.05, 4.69) is 38.1 Å². The van der Waals surface area contributed by atoms with Gasteiger partial charge >= 0.3 is 0 Å². The van der Waals surface area contributed by atoms with Crippen molar-refractivity contribution in [2.45, 2.75) is 25.9 Å². The molecule has 0 aliphatic carbocycles. The van der Waals surface area contributed by atoms with Crippen LogP contribution in [-0.4, -0.2) is 9.97 Å². The van der Waals surface area contributed by atoms with Gasteiger partial charge in [-0.3, -0.25) is 0 Å². The van der Waals surface area contributed by atoms with Crippen molar-refractivity contribution >= 4 is 15.9 Å². The Bertz CT molecular complexity index is 499. The van der Waals surface area contributed by atoms with Crippen LogP contribution in [-0.2, 0) is 6.54 Å². The molecule has 1 unspecified atom stereocenters. The van der Waals surface area contributed by atoms with Crippen molar-refractivity contribution in [3.8, 4) is 0 Å². The van der Waals surface area contributed by atoms with E-state index in [9.17, 15) is 4.39 Å². The molecule has 2 N–H and O–H groups in total. The molecule has 5 heteroatoms. The molecule has 18 heavy (non-hydrogen) atoms. The first-order valence-corrected chi connectivity index (χ1v) is 6.66. The molecular weight excluding hydrogens is 297 g/mol. The maximum atomic E-state index is 13.2. The third-order valence-electron chi connectivity index (χ3n) is 2.80. The van der Waals surface area contributed by atoms with Crippen molar-refractivity contribution in [3.05, 3.63) is 52.3 Å². The Balaban J connectivity index is 2.04. The quantitative estimate of drug-likeness (QED) is 0.886. The number of rotatable bonds is 5. The molecule has 1 atom stereocenters. The fourth-order valence-electron chi connectivity index (χ4n) is 1.81. The second-order valence-corrected chi connectivity index (χ2v) is 4.91. The molecule has 0 amide bonds. The Labute approximate surface area is 114 Å². The number of aromatic amines is 1. The van der Waals surface area contributed by atoms with Crippen LogP contribution in [0.25, 0.3) is 0 Å². The van der Waals surface area contributed by atoms with Crippen molar-refractivity contribution in [3.63, 3.8) is 0 Å². The lowest BCUT2D eigenvalue weighted by Gasteiger charge is -2.15. The maximum absolute atomic E-state index is 13.2. The van der Waals surface area contributed by atoms with E-state index in [0.717, 1.165) is 22.3 Å². The first kappa shape index (κ1) is 13.2. The van der Waals surface area contributed by atoms with Crippen molar-refractivity contribution < 1.29 is 4.39 Å². The van der Waals surface area contributed by atoms with E-state index >= 15 is 0 Å². The Morgan fingerprint density at radius 1 is 1.50 bits per heavy atom. The van der Waals surface area contributed by atoms with Crippen molar-refractivity contribution in [2.24, 2.45) is 0 Å². The molecule has 0 fully saturated rings. The number of hydrogen-bond acceptors (Lipinski definition) is 2. The van der Waals surface area contributed by atoms with E-state index in [0.29, 0.717) is 6.54 Å². The van der Waals surface area contributed by atoms with Gasteiger partial charge < -0.3 is 10.3 Å². The van der Waals surface area contributed by atoms with E-state index in [1.54, 1.807) is 18.5 Å². The third kappa shape index (κ3) is 3.17. The zero-order chi connectivity index (χ0) is 13.0. The van der Waals surface area contributed by atoms with Crippen LogP contribution in [0, 0.1) is 5.82 Å². The minimum Gasteiger partial charge on any atom is -0.347 e. The number of benzene rings is 1. The average molecular weight is 312 g/mol. The van der Waals surface area contributed by atoms with Crippen LogP contribution in [0.2, 0.25) is 0 Å². The van der Waals surface area contributed by atoms with Gasteiger partial charge in [-0.05, 0) is 30.2 Å². The first-order valence-electron chi connectivity index (χ1n) is 5.87. The zero-order valence-electron chi connectivity index (χ0n) is 10.1. The number of hydrogen-bond donors (Lipinski definition) is 2. The van der Waals surface area contributed by atoms with Crippen LogP contribution in [0.5, 0.6) is 0 Å². The zero-order valence-corrected chi connectivity index (χ0v) is 11.7. The van der Waals surface area contributed by atoms with Crippen LogP contribution in [0.1, 0.15) is 30.8 Å². The molecule has 2 aromatic rings. The lowest BCUT2D eigenvalue weighted by Crippen LogP contribution is -2.21. The van der Waals surface area contributed by atoms with Gasteiger partial charge in [0.1, 0.15) is 11.6 Å². The summed E-state index contributed by atoms with van der Waals surface area (Å²) in [4.78, 5) is 7.33. The van der Waals surface area contributed by atoms with Crippen molar-refractivity contribution in [1.82, 2.24) is 15.3 Å². The normalized spacial score (nSPS) is 12.6. The number of nitrogens with zero attached hydrogens (tertiary/aromatic N) is 1. The van der Waals surface area contributed by atoms with Crippen LogP contribution >= 0.6 is 15.9 Å². The number of H-pyrrole nitrogens is 1. The molecule has 96 valence electrons.